The minimum atomic E-state index is -3.03. The fourth-order valence-electron chi connectivity index (χ4n) is 3.01. The summed E-state index contributed by atoms with van der Waals surface area (Å²) in [7, 11) is -1.38. The Morgan fingerprint density at radius 3 is 2.65 bits per heavy atom. The van der Waals surface area contributed by atoms with Gasteiger partial charge in [0.25, 0.3) is 5.91 Å². The smallest absolute Gasteiger partial charge is 0.255 e. The third-order valence-electron chi connectivity index (χ3n) is 4.68. The molecular weight excluding hydrogens is 350 g/mol. The maximum atomic E-state index is 12.7. The summed E-state index contributed by atoms with van der Waals surface area (Å²) in [5, 5.41) is 3.27. The molecule has 1 atom stereocenters. The van der Waals surface area contributed by atoms with Gasteiger partial charge in [0.05, 0.1) is 22.8 Å². The lowest BCUT2D eigenvalue weighted by Crippen LogP contribution is -2.37. The fourth-order valence-corrected chi connectivity index (χ4v) is 4.79. The van der Waals surface area contributed by atoms with Crippen LogP contribution in [0, 0.1) is 6.92 Å². The lowest BCUT2D eigenvalue weighted by atomic mass is 10.1. The molecule has 0 saturated carbocycles. The molecule has 6 nitrogen and oxygen atoms in total. The average molecular weight is 373 g/mol. The molecule has 138 valence electrons. The first-order valence-corrected chi connectivity index (χ1v) is 10.4. The Morgan fingerprint density at radius 2 is 2.00 bits per heavy atom. The van der Waals surface area contributed by atoms with Crippen LogP contribution in [-0.4, -0.2) is 48.8 Å². The van der Waals surface area contributed by atoms with Gasteiger partial charge in [0.1, 0.15) is 0 Å². The number of benzene rings is 1. The van der Waals surface area contributed by atoms with Crippen molar-refractivity contribution in [1.82, 2.24) is 9.88 Å². The van der Waals surface area contributed by atoms with Gasteiger partial charge in [-0.2, -0.15) is 0 Å². The predicted molar refractivity (Wildman–Crippen MR) is 102 cm³/mol. The molecule has 3 rings (SSSR count). The number of aryl methyl sites for hydroxylation is 1. The van der Waals surface area contributed by atoms with Crippen LogP contribution in [-0.2, 0) is 16.4 Å². The molecule has 1 unspecified atom stereocenters. The minimum Gasteiger partial charge on any atom is -0.380 e. The highest BCUT2D eigenvalue weighted by atomic mass is 32.2. The molecule has 1 aromatic carbocycles. The Bertz CT molecular complexity index is 895. The number of aromatic nitrogens is 1. The van der Waals surface area contributed by atoms with Crippen molar-refractivity contribution < 1.29 is 13.2 Å². The van der Waals surface area contributed by atoms with Gasteiger partial charge in [0.15, 0.2) is 9.84 Å². The molecule has 7 heteroatoms. The van der Waals surface area contributed by atoms with Crippen molar-refractivity contribution in [2.45, 2.75) is 25.9 Å². The maximum absolute atomic E-state index is 12.7. The Labute approximate surface area is 154 Å². The van der Waals surface area contributed by atoms with Gasteiger partial charge in [-0.1, -0.05) is 29.8 Å². The normalized spacial score (nSPS) is 18.5. The Hall–Kier alpha value is -2.41. The number of rotatable bonds is 5. The average Bonchev–Trinajstić information content (AvgIpc) is 3.00. The quantitative estimate of drug-likeness (QED) is 0.870. The van der Waals surface area contributed by atoms with E-state index in [4.69, 9.17) is 0 Å². The lowest BCUT2D eigenvalue weighted by molar-refractivity contribution is 0.0747. The summed E-state index contributed by atoms with van der Waals surface area (Å²) in [5.41, 5.74) is 3.55. The van der Waals surface area contributed by atoms with E-state index < -0.39 is 9.84 Å². The van der Waals surface area contributed by atoms with Gasteiger partial charge in [-0.25, -0.2) is 8.42 Å². The topological polar surface area (TPSA) is 79.4 Å². The van der Waals surface area contributed by atoms with Crippen LogP contribution >= 0.6 is 0 Å². The molecular formula is C19H23N3O3S. The number of carbonyl (C=O) groups excluding carboxylic acids is 1. The first kappa shape index (κ1) is 18.4. The second-order valence-corrected chi connectivity index (χ2v) is 9.00. The van der Waals surface area contributed by atoms with E-state index >= 15 is 0 Å². The van der Waals surface area contributed by atoms with Crippen LogP contribution in [0.5, 0.6) is 0 Å². The first-order valence-electron chi connectivity index (χ1n) is 8.56. The van der Waals surface area contributed by atoms with Crippen molar-refractivity contribution in [2.24, 2.45) is 0 Å². The molecule has 1 saturated heterocycles. The number of carbonyl (C=O) groups is 1. The van der Waals surface area contributed by atoms with E-state index in [1.54, 1.807) is 19.3 Å². The summed E-state index contributed by atoms with van der Waals surface area (Å²) in [6, 6.07) is 9.71. The summed E-state index contributed by atoms with van der Waals surface area (Å²) in [5.74, 6) is -0.0294. The molecule has 1 N–H and O–H groups in total. The zero-order valence-electron chi connectivity index (χ0n) is 15.0. The number of sulfone groups is 1. The molecule has 1 amide bonds. The SMILES string of the molecule is Cc1ccc(CNc2cncc(C(=O)N(C)C3CCS(=O)(=O)C3)c2)cc1. The first-order chi connectivity index (χ1) is 12.3. The van der Waals surface area contributed by atoms with E-state index in [1.807, 2.05) is 6.92 Å². The number of anilines is 1. The van der Waals surface area contributed by atoms with E-state index in [1.165, 1.54) is 16.7 Å². The number of hydrogen-bond donors (Lipinski definition) is 1. The van der Waals surface area contributed by atoms with Crippen molar-refractivity contribution in [3.8, 4) is 0 Å². The maximum Gasteiger partial charge on any atom is 0.255 e. The molecule has 0 radical (unpaired) electrons. The standard InChI is InChI=1S/C19H23N3O3S/c1-14-3-5-15(6-4-14)10-21-17-9-16(11-20-12-17)19(23)22(2)18-7-8-26(24,25)13-18/h3-6,9,11-12,18,21H,7-8,10,13H2,1-2H3. The Kier molecular flexibility index (Phi) is 5.27. The van der Waals surface area contributed by atoms with E-state index in [-0.39, 0.29) is 23.5 Å². The van der Waals surface area contributed by atoms with Crippen molar-refractivity contribution in [3.63, 3.8) is 0 Å². The van der Waals surface area contributed by atoms with Gasteiger partial charge < -0.3 is 10.2 Å². The van der Waals surface area contributed by atoms with Gasteiger partial charge in [-0.05, 0) is 25.0 Å². The van der Waals surface area contributed by atoms with Gasteiger partial charge in [-0.15, -0.1) is 0 Å². The van der Waals surface area contributed by atoms with Crippen LogP contribution < -0.4 is 5.32 Å². The fraction of sp³-hybridized carbons (Fsp3) is 0.368. The van der Waals surface area contributed by atoms with Crippen LogP contribution in [0.25, 0.3) is 0 Å². The monoisotopic (exact) mass is 373 g/mol. The van der Waals surface area contributed by atoms with Crippen molar-refractivity contribution in [1.29, 1.82) is 0 Å². The number of nitrogens with zero attached hydrogens (tertiary/aromatic N) is 2. The molecule has 0 bridgehead atoms. The van der Waals surface area contributed by atoms with Crippen molar-refractivity contribution in [3.05, 3.63) is 59.4 Å². The molecule has 1 aliphatic rings. The van der Waals surface area contributed by atoms with Crippen molar-refractivity contribution in [2.75, 3.05) is 23.9 Å². The molecule has 26 heavy (non-hydrogen) atoms. The molecule has 1 fully saturated rings. The van der Waals surface area contributed by atoms with Crippen molar-refractivity contribution >= 4 is 21.4 Å². The van der Waals surface area contributed by atoms with Gasteiger partial charge >= 0.3 is 0 Å². The second-order valence-electron chi connectivity index (χ2n) is 6.77. The molecule has 0 spiro atoms. The van der Waals surface area contributed by atoms with E-state index in [0.29, 0.717) is 18.5 Å². The summed E-state index contributed by atoms with van der Waals surface area (Å²) < 4.78 is 23.3. The van der Waals surface area contributed by atoms with Gasteiger partial charge in [-0.3, -0.25) is 9.78 Å². The third-order valence-corrected chi connectivity index (χ3v) is 6.43. The predicted octanol–water partition coefficient (Wildman–Crippen LogP) is 2.26. The summed E-state index contributed by atoms with van der Waals surface area (Å²) in [6.07, 6.45) is 3.67. The minimum absolute atomic E-state index is 0.0357. The molecule has 1 aromatic heterocycles. The Morgan fingerprint density at radius 1 is 1.27 bits per heavy atom. The number of nitrogens with one attached hydrogen (secondary N) is 1. The zero-order valence-corrected chi connectivity index (χ0v) is 15.8. The van der Waals surface area contributed by atoms with Crippen LogP contribution in [0.2, 0.25) is 0 Å². The highest BCUT2D eigenvalue weighted by Crippen LogP contribution is 2.19. The summed E-state index contributed by atoms with van der Waals surface area (Å²) in [4.78, 5) is 18.3. The van der Waals surface area contributed by atoms with Gasteiger partial charge in [0, 0.05) is 32.0 Å². The molecule has 0 aliphatic carbocycles. The largest absolute Gasteiger partial charge is 0.380 e. The summed E-state index contributed by atoms with van der Waals surface area (Å²) in [6.45, 7) is 2.68. The molecule has 2 heterocycles. The highest BCUT2D eigenvalue weighted by molar-refractivity contribution is 7.91. The van der Waals surface area contributed by atoms with E-state index in [2.05, 4.69) is 34.6 Å². The number of amides is 1. The number of hydrogen-bond acceptors (Lipinski definition) is 5. The number of pyridine rings is 1. The van der Waals surface area contributed by atoms with E-state index in [0.717, 1.165) is 11.3 Å². The lowest BCUT2D eigenvalue weighted by Gasteiger charge is -2.23. The van der Waals surface area contributed by atoms with Crippen LogP contribution in [0.3, 0.4) is 0 Å². The summed E-state index contributed by atoms with van der Waals surface area (Å²) >= 11 is 0. The van der Waals surface area contributed by atoms with Crippen LogP contribution in [0.15, 0.2) is 42.7 Å². The Balaban J connectivity index is 1.66. The molecule has 2 aromatic rings. The second kappa shape index (κ2) is 7.45. The van der Waals surface area contributed by atoms with Crippen LogP contribution in [0.4, 0.5) is 5.69 Å². The molecule has 1 aliphatic heterocycles. The third kappa shape index (κ3) is 4.40. The van der Waals surface area contributed by atoms with E-state index in [9.17, 15) is 13.2 Å². The zero-order chi connectivity index (χ0) is 18.7. The van der Waals surface area contributed by atoms with Gasteiger partial charge in [0.2, 0.25) is 0 Å². The van der Waals surface area contributed by atoms with Crippen LogP contribution in [0.1, 0.15) is 27.9 Å². The highest BCUT2D eigenvalue weighted by Gasteiger charge is 2.33.